The number of hydrogen-bond acceptors (Lipinski definition) is 4. The highest BCUT2D eigenvalue weighted by atomic mass is 32.1. The van der Waals surface area contributed by atoms with E-state index in [2.05, 4.69) is 17.6 Å². The molecule has 1 aromatic rings. The molecular formula is C15H23N3OS. The van der Waals surface area contributed by atoms with Crippen molar-refractivity contribution in [3.63, 3.8) is 0 Å². The van der Waals surface area contributed by atoms with Crippen molar-refractivity contribution in [3.8, 4) is 0 Å². The molecular weight excluding hydrogens is 270 g/mol. The Bertz CT molecular complexity index is 483. The second-order valence-corrected chi connectivity index (χ2v) is 7.06. The third-order valence-corrected chi connectivity index (χ3v) is 5.45. The lowest BCUT2D eigenvalue weighted by atomic mass is 9.94. The van der Waals surface area contributed by atoms with Crippen molar-refractivity contribution in [2.24, 2.45) is 5.92 Å². The lowest BCUT2D eigenvalue weighted by molar-refractivity contribution is -0.130. The number of carbonyl (C=O) groups excluding carboxylic acids is 1. The van der Waals surface area contributed by atoms with Gasteiger partial charge in [0.15, 0.2) is 0 Å². The molecule has 20 heavy (non-hydrogen) atoms. The Morgan fingerprint density at radius 1 is 1.50 bits per heavy atom. The number of amides is 1. The molecule has 0 aromatic carbocycles. The quantitative estimate of drug-likeness (QED) is 0.927. The lowest BCUT2D eigenvalue weighted by Gasteiger charge is -2.36. The van der Waals surface area contributed by atoms with E-state index in [0.717, 1.165) is 32.0 Å². The van der Waals surface area contributed by atoms with Crippen molar-refractivity contribution in [1.29, 1.82) is 0 Å². The summed E-state index contributed by atoms with van der Waals surface area (Å²) in [5.41, 5.74) is 1.18. The van der Waals surface area contributed by atoms with Gasteiger partial charge < -0.3 is 10.2 Å². The van der Waals surface area contributed by atoms with E-state index >= 15 is 0 Å². The van der Waals surface area contributed by atoms with Crippen molar-refractivity contribution < 1.29 is 4.79 Å². The van der Waals surface area contributed by atoms with Gasteiger partial charge in [-0.1, -0.05) is 6.92 Å². The van der Waals surface area contributed by atoms with E-state index in [-0.39, 0.29) is 5.91 Å². The van der Waals surface area contributed by atoms with Crippen molar-refractivity contribution in [2.75, 3.05) is 13.1 Å². The summed E-state index contributed by atoms with van der Waals surface area (Å²) in [6, 6.07) is 0.497. The van der Waals surface area contributed by atoms with Gasteiger partial charge >= 0.3 is 0 Å². The minimum atomic E-state index is 0.198. The maximum Gasteiger partial charge on any atom is 0.219 e. The molecule has 1 saturated carbocycles. The van der Waals surface area contributed by atoms with E-state index in [1.54, 1.807) is 6.92 Å². The normalized spacial score (nSPS) is 26.8. The topological polar surface area (TPSA) is 45.2 Å². The Morgan fingerprint density at radius 3 is 2.95 bits per heavy atom. The average Bonchev–Trinajstić information content (AvgIpc) is 3.17. The van der Waals surface area contributed by atoms with Crippen molar-refractivity contribution >= 4 is 17.2 Å². The summed E-state index contributed by atoms with van der Waals surface area (Å²) in [6.45, 7) is 6.50. The average molecular weight is 293 g/mol. The van der Waals surface area contributed by atoms with Crippen LogP contribution in [0.25, 0.3) is 0 Å². The Hall–Kier alpha value is -0.940. The molecule has 1 aliphatic carbocycles. The predicted molar refractivity (Wildman–Crippen MR) is 80.8 cm³/mol. The van der Waals surface area contributed by atoms with Crippen LogP contribution in [0.4, 0.5) is 0 Å². The van der Waals surface area contributed by atoms with Gasteiger partial charge in [0.05, 0.1) is 10.7 Å². The van der Waals surface area contributed by atoms with E-state index in [1.165, 1.54) is 23.5 Å². The Labute approximate surface area is 124 Å². The summed E-state index contributed by atoms with van der Waals surface area (Å²) in [7, 11) is 0. The number of likely N-dealkylation sites (tertiary alicyclic amines) is 1. The highest BCUT2D eigenvalue weighted by Crippen LogP contribution is 2.41. The first kappa shape index (κ1) is 14.0. The van der Waals surface area contributed by atoms with E-state index in [4.69, 9.17) is 4.98 Å². The van der Waals surface area contributed by atoms with Crippen LogP contribution in [0.15, 0.2) is 5.38 Å². The van der Waals surface area contributed by atoms with Gasteiger partial charge in [0.25, 0.3) is 0 Å². The van der Waals surface area contributed by atoms with Gasteiger partial charge in [-0.2, -0.15) is 0 Å². The van der Waals surface area contributed by atoms with E-state index in [1.807, 2.05) is 16.2 Å². The molecule has 1 amide bonds. The largest absolute Gasteiger partial charge is 0.343 e. The molecule has 3 rings (SSSR count). The molecule has 110 valence electrons. The number of nitrogens with one attached hydrogen (secondary N) is 1. The van der Waals surface area contributed by atoms with Crippen LogP contribution in [0.3, 0.4) is 0 Å². The monoisotopic (exact) mass is 293 g/mol. The maximum atomic E-state index is 11.4. The van der Waals surface area contributed by atoms with Crippen LogP contribution in [-0.4, -0.2) is 34.9 Å². The van der Waals surface area contributed by atoms with E-state index in [0.29, 0.717) is 12.0 Å². The van der Waals surface area contributed by atoms with Gasteiger partial charge in [-0.3, -0.25) is 4.79 Å². The summed E-state index contributed by atoms with van der Waals surface area (Å²) in [5, 5.41) is 7.14. The smallest absolute Gasteiger partial charge is 0.219 e. The van der Waals surface area contributed by atoms with Gasteiger partial charge in [0.2, 0.25) is 5.91 Å². The fourth-order valence-corrected chi connectivity index (χ4v) is 3.88. The summed E-state index contributed by atoms with van der Waals surface area (Å²) >= 11 is 1.81. The van der Waals surface area contributed by atoms with Crippen molar-refractivity contribution in [2.45, 2.75) is 51.6 Å². The van der Waals surface area contributed by atoms with Gasteiger partial charge in [-0.05, 0) is 25.2 Å². The molecule has 2 aliphatic rings. The number of thiazole rings is 1. The zero-order valence-corrected chi connectivity index (χ0v) is 13.1. The summed E-state index contributed by atoms with van der Waals surface area (Å²) in [6.07, 6.45) is 3.68. The number of carbonyl (C=O) groups is 1. The van der Waals surface area contributed by atoms with Crippen LogP contribution < -0.4 is 5.32 Å². The molecule has 2 atom stereocenters. The third-order valence-electron chi connectivity index (χ3n) is 4.39. The predicted octanol–water partition coefficient (Wildman–Crippen LogP) is 2.37. The van der Waals surface area contributed by atoms with Crippen LogP contribution in [-0.2, 0) is 11.3 Å². The van der Waals surface area contributed by atoms with Gasteiger partial charge in [-0.25, -0.2) is 4.98 Å². The van der Waals surface area contributed by atoms with E-state index < -0.39 is 0 Å². The molecule has 1 aromatic heterocycles. The standard InChI is InChI=1S/C15H23N3OS/c1-10-8-18(11(2)19)6-5-14(10)16-7-13-9-20-15(17-13)12-3-4-12/h9-10,12,14,16H,3-8H2,1-2H3/t10-,14+/m1/s1. The van der Waals surface area contributed by atoms with Crippen LogP contribution in [0.2, 0.25) is 0 Å². The lowest BCUT2D eigenvalue weighted by Crippen LogP contribution is -2.49. The molecule has 1 N–H and O–H groups in total. The maximum absolute atomic E-state index is 11.4. The SMILES string of the molecule is CC(=O)N1CC[C@H](NCc2csc(C3CC3)n2)[C@H](C)C1. The molecule has 1 saturated heterocycles. The molecule has 5 heteroatoms. The molecule has 2 fully saturated rings. The summed E-state index contributed by atoms with van der Waals surface area (Å²) in [4.78, 5) is 18.1. The molecule has 0 spiro atoms. The Morgan fingerprint density at radius 2 is 2.30 bits per heavy atom. The van der Waals surface area contributed by atoms with Gasteiger partial charge in [0.1, 0.15) is 0 Å². The first-order valence-corrected chi connectivity index (χ1v) is 8.44. The summed E-state index contributed by atoms with van der Waals surface area (Å²) in [5.74, 6) is 1.46. The number of aromatic nitrogens is 1. The Balaban J connectivity index is 1.49. The highest BCUT2D eigenvalue weighted by molar-refractivity contribution is 7.09. The van der Waals surface area contributed by atoms with Crippen molar-refractivity contribution in [1.82, 2.24) is 15.2 Å². The van der Waals surface area contributed by atoms with E-state index in [9.17, 15) is 4.79 Å². The minimum Gasteiger partial charge on any atom is -0.343 e. The third kappa shape index (κ3) is 3.20. The highest BCUT2D eigenvalue weighted by Gasteiger charge is 2.28. The number of rotatable bonds is 4. The molecule has 1 aliphatic heterocycles. The summed E-state index contributed by atoms with van der Waals surface area (Å²) < 4.78 is 0. The molecule has 2 heterocycles. The number of hydrogen-bond donors (Lipinski definition) is 1. The number of nitrogens with zero attached hydrogens (tertiary/aromatic N) is 2. The fourth-order valence-electron chi connectivity index (χ4n) is 2.89. The molecule has 0 radical (unpaired) electrons. The minimum absolute atomic E-state index is 0.198. The van der Waals surface area contributed by atoms with Crippen LogP contribution in [0.1, 0.15) is 49.7 Å². The second-order valence-electron chi connectivity index (χ2n) is 6.17. The van der Waals surface area contributed by atoms with Gasteiger partial charge in [0, 0.05) is 43.9 Å². The van der Waals surface area contributed by atoms with Crippen LogP contribution in [0, 0.1) is 5.92 Å². The van der Waals surface area contributed by atoms with Crippen molar-refractivity contribution in [3.05, 3.63) is 16.1 Å². The van der Waals surface area contributed by atoms with Gasteiger partial charge in [-0.15, -0.1) is 11.3 Å². The first-order valence-electron chi connectivity index (χ1n) is 7.56. The van der Waals surface area contributed by atoms with Crippen LogP contribution >= 0.6 is 11.3 Å². The Kier molecular flexibility index (Phi) is 4.08. The second kappa shape index (κ2) is 5.82. The molecule has 0 bridgehead atoms. The molecule has 4 nitrogen and oxygen atoms in total. The zero-order chi connectivity index (χ0) is 14.1. The molecule has 0 unspecified atom stereocenters. The number of piperidine rings is 1. The first-order chi connectivity index (χ1) is 9.63. The zero-order valence-electron chi connectivity index (χ0n) is 12.3. The van der Waals surface area contributed by atoms with Crippen LogP contribution in [0.5, 0.6) is 0 Å². The fraction of sp³-hybridized carbons (Fsp3) is 0.733.